The molecule has 0 aromatic heterocycles. The average molecular weight is 296 g/mol. The summed E-state index contributed by atoms with van der Waals surface area (Å²) < 4.78 is 0. The van der Waals surface area contributed by atoms with Crippen molar-refractivity contribution in [2.75, 3.05) is 11.9 Å². The molecular formula is C18H20N2O2. The van der Waals surface area contributed by atoms with Crippen LogP contribution in [0.5, 0.6) is 0 Å². The maximum Gasteiger partial charge on any atom is 0.313 e. The van der Waals surface area contributed by atoms with Gasteiger partial charge in [0.15, 0.2) is 0 Å². The molecule has 0 aliphatic carbocycles. The molecule has 0 aliphatic heterocycles. The molecule has 22 heavy (non-hydrogen) atoms. The Hall–Kier alpha value is -2.62. The fourth-order valence-corrected chi connectivity index (χ4v) is 2.12. The van der Waals surface area contributed by atoms with Crippen LogP contribution in [-0.4, -0.2) is 18.4 Å². The normalized spacial score (nSPS) is 11.5. The minimum absolute atomic E-state index is 0.149. The van der Waals surface area contributed by atoms with Gasteiger partial charge in [0.2, 0.25) is 0 Å². The van der Waals surface area contributed by atoms with Gasteiger partial charge in [-0.15, -0.1) is 0 Å². The average Bonchev–Trinajstić information content (AvgIpc) is 2.55. The Balaban J connectivity index is 1.87. The van der Waals surface area contributed by atoms with Gasteiger partial charge in [-0.3, -0.25) is 9.59 Å². The molecule has 2 aromatic carbocycles. The number of hydrogen-bond donors (Lipinski definition) is 2. The van der Waals surface area contributed by atoms with E-state index in [9.17, 15) is 9.59 Å². The summed E-state index contributed by atoms with van der Waals surface area (Å²) >= 11 is 0. The van der Waals surface area contributed by atoms with Crippen molar-refractivity contribution in [1.29, 1.82) is 0 Å². The molecule has 0 bridgehead atoms. The first kappa shape index (κ1) is 15.8. The van der Waals surface area contributed by atoms with E-state index < -0.39 is 11.8 Å². The zero-order valence-corrected chi connectivity index (χ0v) is 12.8. The molecule has 0 radical (unpaired) electrons. The highest BCUT2D eigenvalue weighted by Crippen LogP contribution is 2.14. The van der Waals surface area contributed by atoms with Crippen LogP contribution in [0.3, 0.4) is 0 Å². The second kappa shape index (κ2) is 7.41. The minimum atomic E-state index is -0.644. The lowest BCUT2D eigenvalue weighted by atomic mass is 10.0. The van der Waals surface area contributed by atoms with Gasteiger partial charge < -0.3 is 10.6 Å². The standard InChI is InChI=1S/C18H20N2O2/c1-13-8-6-7-11-16(13)20-18(22)17(21)19-12-14(2)15-9-4-3-5-10-15/h3-11,14H,12H2,1-2H3,(H,19,21)(H,20,22). The van der Waals surface area contributed by atoms with E-state index in [1.807, 2.05) is 62.4 Å². The number of para-hydroxylation sites is 1. The smallest absolute Gasteiger partial charge is 0.313 e. The summed E-state index contributed by atoms with van der Waals surface area (Å²) in [5.41, 5.74) is 2.70. The zero-order valence-electron chi connectivity index (χ0n) is 12.8. The van der Waals surface area contributed by atoms with E-state index in [2.05, 4.69) is 10.6 Å². The lowest BCUT2D eigenvalue weighted by Crippen LogP contribution is -2.37. The van der Waals surface area contributed by atoms with Crippen molar-refractivity contribution < 1.29 is 9.59 Å². The van der Waals surface area contributed by atoms with Crippen molar-refractivity contribution >= 4 is 17.5 Å². The highest BCUT2D eigenvalue weighted by atomic mass is 16.2. The van der Waals surface area contributed by atoms with Crippen molar-refractivity contribution in [3.63, 3.8) is 0 Å². The van der Waals surface area contributed by atoms with Crippen molar-refractivity contribution in [3.05, 3.63) is 65.7 Å². The molecule has 114 valence electrons. The van der Waals surface area contributed by atoms with Crippen LogP contribution in [0.25, 0.3) is 0 Å². The lowest BCUT2D eigenvalue weighted by Gasteiger charge is -2.13. The van der Waals surface area contributed by atoms with Crippen LogP contribution < -0.4 is 10.6 Å². The summed E-state index contributed by atoms with van der Waals surface area (Å²) in [7, 11) is 0. The van der Waals surface area contributed by atoms with Gasteiger partial charge in [0.1, 0.15) is 0 Å². The predicted molar refractivity (Wildman–Crippen MR) is 87.7 cm³/mol. The van der Waals surface area contributed by atoms with Crippen molar-refractivity contribution in [2.45, 2.75) is 19.8 Å². The third-order valence-corrected chi connectivity index (χ3v) is 3.54. The summed E-state index contributed by atoms with van der Waals surface area (Å²) in [5, 5.41) is 5.29. The quantitative estimate of drug-likeness (QED) is 0.852. The van der Waals surface area contributed by atoms with Gasteiger partial charge in [-0.2, -0.15) is 0 Å². The molecule has 1 unspecified atom stereocenters. The Morgan fingerprint density at radius 3 is 2.27 bits per heavy atom. The van der Waals surface area contributed by atoms with Crippen LogP contribution in [0.4, 0.5) is 5.69 Å². The Labute approximate surface area is 130 Å². The molecule has 2 amide bonds. The number of nitrogens with one attached hydrogen (secondary N) is 2. The molecule has 0 aliphatic rings. The minimum Gasteiger partial charge on any atom is -0.347 e. The molecule has 0 saturated carbocycles. The summed E-state index contributed by atoms with van der Waals surface area (Å²) in [6.07, 6.45) is 0. The number of amides is 2. The summed E-state index contributed by atoms with van der Waals surface area (Å²) in [6, 6.07) is 17.2. The molecule has 0 heterocycles. The predicted octanol–water partition coefficient (Wildman–Crippen LogP) is 2.85. The topological polar surface area (TPSA) is 58.2 Å². The molecule has 2 N–H and O–H groups in total. The van der Waals surface area contributed by atoms with Crippen LogP contribution >= 0.6 is 0 Å². The van der Waals surface area contributed by atoms with Gasteiger partial charge in [-0.05, 0) is 30.0 Å². The lowest BCUT2D eigenvalue weighted by molar-refractivity contribution is -0.136. The Morgan fingerprint density at radius 1 is 0.955 bits per heavy atom. The van der Waals surface area contributed by atoms with E-state index in [-0.39, 0.29) is 5.92 Å². The van der Waals surface area contributed by atoms with Gasteiger partial charge in [-0.25, -0.2) is 0 Å². The second-order valence-electron chi connectivity index (χ2n) is 5.29. The Morgan fingerprint density at radius 2 is 1.59 bits per heavy atom. The monoisotopic (exact) mass is 296 g/mol. The van der Waals surface area contributed by atoms with Gasteiger partial charge in [0.25, 0.3) is 0 Å². The van der Waals surface area contributed by atoms with E-state index in [0.29, 0.717) is 12.2 Å². The van der Waals surface area contributed by atoms with Gasteiger partial charge in [0, 0.05) is 12.2 Å². The molecular weight excluding hydrogens is 276 g/mol. The number of rotatable bonds is 4. The van der Waals surface area contributed by atoms with Crippen LogP contribution in [0.15, 0.2) is 54.6 Å². The molecule has 0 fully saturated rings. The Bertz CT molecular complexity index is 653. The second-order valence-corrected chi connectivity index (χ2v) is 5.29. The Kier molecular flexibility index (Phi) is 5.31. The van der Waals surface area contributed by atoms with E-state index >= 15 is 0 Å². The molecule has 0 spiro atoms. The number of carbonyl (C=O) groups excluding carboxylic acids is 2. The summed E-state index contributed by atoms with van der Waals surface area (Å²) in [4.78, 5) is 23.8. The SMILES string of the molecule is Cc1ccccc1NC(=O)C(=O)NCC(C)c1ccccc1. The molecule has 4 nitrogen and oxygen atoms in total. The van der Waals surface area contributed by atoms with Crippen LogP contribution in [0.1, 0.15) is 24.0 Å². The van der Waals surface area contributed by atoms with Crippen molar-refractivity contribution in [2.24, 2.45) is 0 Å². The van der Waals surface area contributed by atoms with E-state index in [1.54, 1.807) is 6.07 Å². The number of carbonyl (C=O) groups is 2. The van der Waals surface area contributed by atoms with Crippen molar-refractivity contribution in [1.82, 2.24) is 5.32 Å². The fraction of sp³-hybridized carbons (Fsp3) is 0.222. The molecule has 0 saturated heterocycles. The fourth-order valence-electron chi connectivity index (χ4n) is 2.12. The van der Waals surface area contributed by atoms with E-state index in [4.69, 9.17) is 0 Å². The van der Waals surface area contributed by atoms with Crippen molar-refractivity contribution in [3.8, 4) is 0 Å². The maximum atomic E-state index is 11.9. The van der Waals surface area contributed by atoms with Gasteiger partial charge in [-0.1, -0.05) is 55.5 Å². The van der Waals surface area contributed by atoms with Gasteiger partial charge >= 0.3 is 11.8 Å². The first-order chi connectivity index (χ1) is 10.6. The van der Waals surface area contributed by atoms with Crippen LogP contribution in [-0.2, 0) is 9.59 Å². The molecule has 2 rings (SSSR count). The molecule has 2 aromatic rings. The third kappa shape index (κ3) is 4.19. The van der Waals surface area contributed by atoms with Crippen LogP contribution in [0, 0.1) is 6.92 Å². The molecule has 4 heteroatoms. The number of benzene rings is 2. The summed E-state index contributed by atoms with van der Waals surface area (Å²) in [6.45, 7) is 4.31. The molecule has 1 atom stereocenters. The number of anilines is 1. The first-order valence-electron chi connectivity index (χ1n) is 7.27. The maximum absolute atomic E-state index is 11.9. The highest BCUT2D eigenvalue weighted by Gasteiger charge is 2.15. The third-order valence-electron chi connectivity index (χ3n) is 3.54. The highest BCUT2D eigenvalue weighted by molar-refractivity contribution is 6.39. The zero-order chi connectivity index (χ0) is 15.9. The summed E-state index contributed by atoms with van der Waals surface area (Å²) in [5.74, 6) is -1.11. The van der Waals surface area contributed by atoms with Gasteiger partial charge in [0.05, 0.1) is 0 Å². The largest absolute Gasteiger partial charge is 0.347 e. The number of aryl methyl sites for hydroxylation is 1. The number of hydrogen-bond acceptors (Lipinski definition) is 2. The van der Waals surface area contributed by atoms with Crippen LogP contribution in [0.2, 0.25) is 0 Å². The first-order valence-corrected chi connectivity index (χ1v) is 7.27. The van der Waals surface area contributed by atoms with E-state index in [1.165, 1.54) is 0 Å². The van der Waals surface area contributed by atoms with E-state index in [0.717, 1.165) is 11.1 Å².